The van der Waals surface area contributed by atoms with Crippen LogP contribution in [0.25, 0.3) is 0 Å². The number of nitrogens with one attached hydrogen (secondary N) is 2. The summed E-state index contributed by atoms with van der Waals surface area (Å²) in [6, 6.07) is 3.33. The van der Waals surface area contributed by atoms with Gasteiger partial charge in [0.2, 0.25) is 10.0 Å². The summed E-state index contributed by atoms with van der Waals surface area (Å²) in [5.41, 5.74) is 1.27. The molecule has 0 fully saturated rings. The van der Waals surface area contributed by atoms with Gasteiger partial charge >= 0.3 is 0 Å². The predicted octanol–water partition coefficient (Wildman–Crippen LogP) is 2.46. The normalized spacial score (nSPS) is 14.7. The fourth-order valence-electron chi connectivity index (χ4n) is 3.05. The Kier molecular flexibility index (Phi) is 7.44. The highest BCUT2D eigenvalue weighted by Crippen LogP contribution is 2.27. The summed E-state index contributed by atoms with van der Waals surface area (Å²) < 4.78 is 27.2. The average Bonchev–Trinajstić information content (AvgIpc) is 3.33. The molecule has 0 amide bonds. The number of hydrogen-bond acceptors (Lipinski definition) is 6. The van der Waals surface area contributed by atoms with Crippen LogP contribution in [0, 0.1) is 0 Å². The number of fused-ring (bicyclic) bond motifs is 1. The molecule has 1 aliphatic rings. The van der Waals surface area contributed by atoms with Crippen LogP contribution < -0.4 is 10.0 Å². The van der Waals surface area contributed by atoms with Gasteiger partial charge in [-0.1, -0.05) is 6.07 Å². The van der Waals surface area contributed by atoms with Gasteiger partial charge in [-0.3, -0.25) is 4.99 Å². The van der Waals surface area contributed by atoms with Crippen LogP contribution in [-0.2, 0) is 29.4 Å². The fourth-order valence-corrected chi connectivity index (χ4v) is 6.32. The monoisotopic (exact) mass is 441 g/mol. The van der Waals surface area contributed by atoms with Crippen molar-refractivity contribution in [3.63, 3.8) is 0 Å². The zero-order chi connectivity index (χ0) is 20.0. The number of aryl methyl sites for hydroxylation is 2. The summed E-state index contributed by atoms with van der Waals surface area (Å²) in [4.78, 5) is 12.8. The van der Waals surface area contributed by atoms with Crippen molar-refractivity contribution in [3.05, 3.63) is 33.1 Å². The van der Waals surface area contributed by atoms with Gasteiger partial charge in [-0.15, -0.1) is 22.7 Å². The average molecular weight is 442 g/mol. The lowest BCUT2D eigenvalue weighted by Crippen LogP contribution is -2.39. The molecule has 0 aliphatic heterocycles. The molecule has 0 radical (unpaired) electrons. The molecule has 28 heavy (non-hydrogen) atoms. The van der Waals surface area contributed by atoms with E-state index in [2.05, 4.69) is 15.0 Å². The Morgan fingerprint density at radius 2 is 2.18 bits per heavy atom. The van der Waals surface area contributed by atoms with Crippen molar-refractivity contribution >= 4 is 38.7 Å². The molecule has 0 unspecified atom stereocenters. The molecule has 154 valence electrons. The van der Waals surface area contributed by atoms with Crippen LogP contribution in [0.2, 0.25) is 0 Å². The van der Waals surface area contributed by atoms with Gasteiger partial charge in [0.15, 0.2) is 5.96 Å². The molecule has 0 saturated carbocycles. The van der Waals surface area contributed by atoms with E-state index in [-0.39, 0.29) is 6.54 Å². The number of hydrogen-bond donors (Lipinski definition) is 2. The molecule has 0 aromatic carbocycles. The van der Waals surface area contributed by atoms with E-state index in [1.165, 1.54) is 34.7 Å². The van der Waals surface area contributed by atoms with Gasteiger partial charge in [-0.25, -0.2) is 18.1 Å². The van der Waals surface area contributed by atoms with E-state index in [4.69, 9.17) is 4.98 Å². The molecule has 1 aliphatic carbocycles. The lowest BCUT2D eigenvalue weighted by Gasteiger charge is -2.21. The second-order valence-corrected chi connectivity index (χ2v) is 10.7. The molecule has 3 rings (SSSR count). The zero-order valence-electron chi connectivity index (χ0n) is 16.3. The predicted molar refractivity (Wildman–Crippen MR) is 116 cm³/mol. The van der Waals surface area contributed by atoms with Gasteiger partial charge < -0.3 is 10.2 Å². The van der Waals surface area contributed by atoms with E-state index in [1.807, 2.05) is 18.9 Å². The summed E-state index contributed by atoms with van der Waals surface area (Å²) in [7, 11) is -1.46. The molecule has 10 heteroatoms. The minimum absolute atomic E-state index is 0.258. The van der Waals surface area contributed by atoms with Crippen molar-refractivity contribution in [1.29, 1.82) is 0 Å². The summed E-state index contributed by atoms with van der Waals surface area (Å²) >= 11 is 3.01. The molecular formula is C18H27N5O2S3. The summed E-state index contributed by atoms with van der Waals surface area (Å²) in [5, 5.41) is 6.13. The molecule has 0 bridgehead atoms. The number of aliphatic imine (C=N–C) groups is 1. The Morgan fingerprint density at radius 1 is 1.36 bits per heavy atom. The van der Waals surface area contributed by atoms with Gasteiger partial charge in [0, 0.05) is 25.0 Å². The smallest absolute Gasteiger partial charge is 0.250 e. The van der Waals surface area contributed by atoms with Crippen LogP contribution in [0.15, 0.2) is 26.7 Å². The van der Waals surface area contributed by atoms with Crippen molar-refractivity contribution in [3.8, 4) is 0 Å². The number of thiazole rings is 1. The Morgan fingerprint density at radius 3 is 2.89 bits per heavy atom. The molecule has 0 spiro atoms. The SMILES string of the molecule is CCNC(=NCCNS(=O)(=O)c1cccs1)N(C)Cc1nc2c(s1)CCCC2. The van der Waals surface area contributed by atoms with Gasteiger partial charge in [0.05, 0.1) is 18.8 Å². The Bertz CT molecular complexity index is 867. The first-order valence-electron chi connectivity index (χ1n) is 9.49. The van der Waals surface area contributed by atoms with Crippen molar-refractivity contribution < 1.29 is 8.42 Å². The lowest BCUT2D eigenvalue weighted by molar-refractivity contribution is 0.474. The van der Waals surface area contributed by atoms with Crippen LogP contribution in [0.4, 0.5) is 0 Å². The molecule has 2 aromatic heterocycles. The molecule has 2 N–H and O–H groups in total. The molecule has 2 aromatic rings. The number of nitrogens with zero attached hydrogens (tertiary/aromatic N) is 3. The maximum absolute atomic E-state index is 12.2. The van der Waals surface area contributed by atoms with E-state index >= 15 is 0 Å². The molecule has 0 saturated heterocycles. The zero-order valence-corrected chi connectivity index (χ0v) is 18.7. The van der Waals surface area contributed by atoms with Crippen LogP contribution in [0.3, 0.4) is 0 Å². The van der Waals surface area contributed by atoms with Gasteiger partial charge in [0.1, 0.15) is 9.22 Å². The maximum Gasteiger partial charge on any atom is 0.250 e. The largest absolute Gasteiger partial charge is 0.357 e. The highest BCUT2D eigenvalue weighted by atomic mass is 32.2. The van der Waals surface area contributed by atoms with E-state index in [0.717, 1.165) is 30.4 Å². The molecular weight excluding hydrogens is 414 g/mol. The van der Waals surface area contributed by atoms with Crippen LogP contribution >= 0.6 is 22.7 Å². The third kappa shape index (κ3) is 5.53. The topological polar surface area (TPSA) is 86.7 Å². The number of thiophene rings is 1. The third-order valence-electron chi connectivity index (χ3n) is 4.38. The molecule has 0 atom stereocenters. The standard InChI is InChI=1S/C18H27N5O2S3/c1-3-19-18(20-10-11-21-28(24,25)17-9-6-12-26-17)23(2)13-16-22-14-7-4-5-8-15(14)27-16/h6,9,12,21H,3-5,7-8,10-11,13H2,1-2H3,(H,19,20). The van der Waals surface area contributed by atoms with Gasteiger partial charge in [0.25, 0.3) is 0 Å². The van der Waals surface area contributed by atoms with Crippen molar-refractivity contribution in [1.82, 2.24) is 19.9 Å². The number of rotatable bonds is 8. The Labute approximate surface area is 175 Å². The number of guanidine groups is 1. The first-order valence-corrected chi connectivity index (χ1v) is 12.7. The summed E-state index contributed by atoms with van der Waals surface area (Å²) in [6.07, 6.45) is 4.73. The lowest BCUT2D eigenvalue weighted by atomic mass is 10.0. The first-order chi connectivity index (χ1) is 13.5. The highest BCUT2D eigenvalue weighted by molar-refractivity contribution is 7.91. The van der Waals surface area contributed by atoms with Crippen molar-refractivity contribution in [2.75, 3.05) is 26.7 Å². The van der Waals surface area contributed by atoms with E-state index in [0.29, 0.717) is 17.3 Å². The third-order valence-corrected chi connectivity index (χ3v) is 8.38. The van der Waals surface area contributed by atoms with Gasteiger partial charge in [-0.2, -0.15) is 0 Å². The quantitative estimate of drug-likeness (QED) is 0.373. The summed E-state index contributed by atoms with van der Waals surface area (Å²) in [6.45, 7) is 4.09. The van der Waals surface area contributed by atoms with Crippen LogP contribution in [-0.4, -0.2) is 50.9 Å². The van der Waals surface area contributed by atoms with Gasteiger partial charge in [-0.05, 0) is 44.1 Å². The van der Waals surface area contributed by atoms with E-state index < -0.39 is 10.0 Å². The fraction of sp³-hybridized carbons (Fsp3) is 0.556. The molecule has 7 nitrogen and oxygen atoms in total. The van der Waals surface area contributed by atoms with Crippen LogP contribution in [0.5, 0.6) is 0 Å². The minimum Gasteiger partial charge on any atom is -0.357 e. The highest BCUT2D eigenvalue weighted by Gasteiger charge is 2.17. The van der Waals surface area contributed by atoms with E-state index in [9.17, 15) is 8.42 Å². The number of sulfonamides is 1. The second-order valence-electron chi connectivity index (χ2n) is 6.61. The van der Waals surface area contributed by atoms with Crippen molar-refractivity contribution in [2.45, 2.75) is 43.4 Å². The van der Waals surface area contributed by atoms with Crippen molar-refractivity contribution in [2.24, 2.45) is 4.99 Å². The minimum atomic E-state index is -3.44. The second kappa shape index (κ2) is 9.82. The molecule has 2 heterocycles. The first kappa shape index (κ1) is 21.2. The number of aromatic nitrogens is 1. The maximum atomic E-state index is 12.2. The Balaban J connectivity index is 1.56. The summed E-state index contributed by atoms with van der Waals surface area (Å²) in [5.74, 6) is 0.756. The van der Waals surface area contributed by atoms with E-state index in [1.54, 1.807) is 28.8 Å². The van der Waals surface area contributed by atoms with Crippen LogP contribution in [0.1, 0.15) is 35.3 Å². The Hall–Kier alpha value is -1.49.